The van der Waals surface area contributed by atoms with Gasteiger partial charge in [0.1, 0.15) is 0 Å². The first-order chi connectivity index (χ1) is 9.81. The van der Waals surface area contributed by atoms with E-state index in [-0.39, 0.29) is 12.0 Å². The summed E-state index contributed by atoms with van der Waals surface area (Å²) in [7, 11) is 0. The van der Waals surface area contributed by atoms with Gasteiger partial charge in [0.05, 0.1) is 0 Å². The van der Waals surface area contributed by atoms with E-state index in [0.29, 0.717) is 17.7 Å². The van der Waals surface area contributed by atoms with Gasteiger partial charge in [0.25, 0.3) is 0 Å². The van der Waals surface area contributed by atoms with Crippen LogP contribution < -0.4 is 0 Å². The largest absolute Gasteiger partial charge is 0.338 e. The second-order valence-electron chi connectivity index (χ2n) is 6.05. The van der Waals surface area contributed by atoms with Crippen LogP contribution in [-0.2, 0) is 4.79 Å². The molecule has 3 heteroatoms. The van der Waals surface area contributed by atoms with Crippen LogP contribution in [0.3, 0.4) is 0 Å². The van der Waals surface area contributed by atoms with Gasteiger partial charge < -0.3 is 4.90 Å². The van der Waals surface area contributed by atoms with Gasteiger partial charge in [-0.25, -0.2) is 0 Å². The Balaban J connectivity index is 1.67. The van der Waals surface area contributed by atoms with E-state index < -0.39 is 0 Å². The summed E-state index contributed by atoms with van der Waals surface area (Å²) in [5.74, 6) is 1.55. The van der Waals surface area contributed by atoms with Crippen molar-refractivity contribution >= 4 is 17.5 Å². The molecule has 1 amide bonds. The number of rotatable bonds is 3. The van der Waals surface area contributed by atoms with Gasteiger partial charge in [-0.05, 0) is 30.7 Å². The van der Waals surface area contributed by atoms with E-state index in [2.05, 4.69) is 29.2 Å². The summed E-state index contributed by atoms with van der Waals surface area (Å²) in [5, 5.41) is 0. The molecule has 108 valence electrons. The summed E-state index contributed by atoms with van der Waals surface area (Å²) in [6.45, 7) is 0.897. The Morgan fingerprint density at radius 2 is 2.00 bits per heavy atom. The number of hydrogen-bond acceptors (Lipinski definition) is 1. The Morgan fingerprint density at radius 1 is 1.20 bits per heavy atom. The average Bonchev–Trinajstić information content (AvgIpc) is 3.30. The van der Waals surface area contributed by atoms with Crippen LogP contribution in [0.4, 0.5) is 0 Å². The third-order valence-electron chi connectivity index (χ3n) is 4.67. The Hall–Kier alpha value is -1.02. The Kier molecular flexibility index (Phi) is 4.30. The summed E-state index contributed by atoms with van der Waals surface area (Å²) >= 11 is 6.08. The third-order valence-corrected chi connectivity index (χ3v) is 5.03. The quantitative estimate of drug-likeness (QED) is 0.776. The maximum Gasteiger partial charge on any atom is 0.226 e. The van der Waals surface area contributed by atoms with Crippen molar-refractivity contribution in [2.24, 2.45) is 5.92 Å². The van der Waals surface area contributed by atoms with Crippen LogP contribution in [0.15, 0.2) is 30.3 Å². The Morgan fingerprint density at radius 3 is 2.75 bits per heavy atom. The lowest BCUT2D eigenvalue weighted by molar-refractivity contribution is -0.134. The van der Waals surface area contributed by atoms with Crippen molar-refractivity contribution in [1.29, 1.82) is 0 Å². The first kappa shape index (κ1) is 13.9. The molecule has 2 nitrogen and oxygen atoms in total. The van der Waals surface area contributed by atoms with Crippen molar-refractivity contribution in [1.82, 2.24) is 4.90 Å². The molecule has 20 heavy (non-hydrogen) atoms. The number of carbonyl (C=O) groups excluding carboxylic acids is 1. The molecule has 0 spiro atoms. The number of amides is 1. The minimum Gasteiger partial charge on any atom is -0.338 e. The number of benzene rings is 1. The number of nitrogens with zero attached hydrogens (tertiary/aromatic N) is 1. The summed E-state index contributed by atoms with van der Waals surface area (Å²) in [5.41, 5.74) is 1.31. The molecule has 0 aromatic heterocycles. The fourth-order valence-corrected chi connectivity index (χ4v) is 3.70. The highest BCUT2D eigenvalue weighted by molar-refractivity contribution is 6.18. The average molecular weight is 292 g/mol. The number of carbonyl (C=O) groups is 1. The van der Waals surface area contributed by atoms with Gasteiger partial charge in [-0.15, -0.1) is 11.6 Å². The Labute approximate surface area is 126 Å². The van der Waals surface area contributed by atoms with Gasteiger partial charge in [0, 0.05) is 24.4 Å². The van der Waals surface area contributed by atoms with Crippen LogP contribution in [0.5, 0.6) is 0 Å². The topological polar surface area (TPSA) is 20.3 Å². The van der Waals surface area contributed by atoms with Crippen LogP contribution in [0, 0.1) is 5.92 Å². The molecule has 1 aliphatic heterocycles. The molecule has 3 rings (SSSR count). The summed E-state index contributed by atoms with van der Waals surface area (Å²) < 4.78 is 0. The van der Waals surface area contributed by atoms with Gasteiger partial charge in [-0.1, -0.05) is 43.2 Å². The number of alkyl halides is 1. The normalized spacial score (nSPS) is 29.9. The molecule has 0 bridgehead atoms. The van der Waals surface area contributed by atoms with Gasteiger partial charge in [-0.3, -0.25) is 4.79 Å². The van der Waals surface area contributed by atoms with E-state index >= 15 is 0 Å². The summed E-state index contributed by atoms with van der Waals surface area (Å²) in [4.78, 5) is 14.8. The van der Waals surface area contributed by atoms with Gasteiger partial charge in [0.15, 0.2) is 0 Å². The van der Waals surface area contributed by atoms with Crippen LogP contribution in [0.2, 0.25) is 0 Å². The van der Waals surface area contributed by atoms with Gasteiger partial charge in [-0.2, -0.15) is 0 Å². The van der Waals surface area contributed by atoms with Crippen molar-refractivity contribution in [3.05, 3.63) is 35.9 Å². The summed E-state index contributed by atoms with van der Waals surface area (Å²) in [6, 6.07) is 10.7. The zero-order valence-electron chi connectivity index (χ0n) is 11.8. The minimum atomic E-state index is 0.196. The molecule has 1 saturated heterocycles. The van der Waals surface area contributed by atoms with E-state index in [9.17, 15) is 4.79 Å². The van der Waals surface area contributed by atoms with E-state index in [4.69, 9.17) is 11.6 Å². The predicted molar refractivity (Wildman–Crippen MR) is 82.0 cm³/mol. The standard InChI is InChI=1S/C17H22ClNO/c18-12-14-9-5-2-6-10-19(14)17(20)16-11-15(16)13-7-3-1-4-8-13/h1,3-4,7-8,14-16H,2,5-6,9-12H2. The van der Waals surface area contributed by atoms with Crippen LogP contribution in [0.25, 0.3) is 0 Å². The lowest BCUT2D eigenvalue weighted by atomic mass is 10.1. The molecule has 0 radical (unpaired) electrons. The Bertz CT molecular complexity index is 461. The smallest absolute Gasteiger partial charge is 0.226 e. The molecule has 1 aromatic carbocycles. The fraction of sp³-hybridized carbons (Fsp3) is 0.588. The van der Waals surface area contributed by atoms with E-state index in [1.54, 1.807) is 0 Å². The minimum absolute atomic E-state index is 0.196. The molecule has 3 unspecified atom stereocenters. The maximum atomic E-state index is 12.7. The van der Waals surface area contributed by atoms with Gasteiger partial charge in [0.2, 0.25) is 5.91 Å². The zero-order chi connectivity index (χ0) is 13.9. The monoisotopic (exact) mass is 291 g/mol. The molecule has 0 N–H and O–H groups in total. The van der Waals surface area contributed by atoms with Crippen molar-refractivity contribution in [2.75, 3.05) is 12.4 Å². The first-order valence-corrected chi connectivity index (χ1v) is 8.26. The van der Waals surface area contributed by atoms with E-state index in [1.165, 1.54) is 18.4 Å². The molecule has 1 aromatic rings. The molecule has 3 atom stereocenters. The molecule has 2 fully saturated rings. The zero-order valence-corrected chi connectivity index (χ0v) is 12.6. The number of halogens is 1. The summed E-state index contributed by atoms with van der Waals surface area (Å²) in [6.07, 6.45) is 5.63. The van der Waals surface area contributed by atoms with Crippen molar-refractivity contribution < 1.29 is 4.79 Å². The molecule has 2 aliphatic rings. The molecule has 1 heterocycles. The maximum absolute atomic E-state index is 12.7. The van der Waals surface area contributed by atoms with Crippen molar-refractivity contribution in [3.8, 4) is 0 Å². The molecular weight excluding hydrogens is 270 g/mol. The van der Waals surface area contributed by atoms with E-state index in [1.807, 2.05) is 6.07 Å². The molecular formula is C17H22ClNO. The number of hydrogen-bond donors (Lipinski definition) is 0. The van der Waals surface area contributed by atoms with Crippen LogP contribution in [0.1, 0.15) is 43.6 Å². The molecule has 1 aliphatic carbocycles. The number of likely N-dealkylation sites (tertiary alicyclic amines) is 1. The fourth-order valence-electron chi connectivity index (χ4n) is 3.38. The molecule has 1 saturated carbocycles. The van der Waals surface area contributed by atoms with E-state index in [0.717, 1.165) is 25.8 Å². The SMILES string of the molecule is O=C(C1CC1c1ccccc1)N1CCCCCC1CCl. The highest BCUT2D eigenvalue weighted by Gasteiger charge is 2.46. The van der Waals surface area contributed by atoms with Crippen molar-refractivity contribution in [2.45, 2.75) is 44.1 Å². The highest BCUT2D eigenvalue weighted by Crippen LogP contribution is 2.48. The lowest BCUT2D eigenvalue weighted by Crippen LogP contribution is -2.42. The second-order valence-corrected chi connectivity index (χ2v) is 6.36. The second kappa shape index (κ2) is 6.17. The predicted octanol–water partition coefficient (Wildman–Crippen LogP) is 3.80. The third kappa shape index (κ3) is 2.85. The van der Waals surface area contributed by atoms with Crippen LogP contribution >= 0.6 is 11.6 Å². The van der Waals surface area contributed by atoms with Crippen LogP contribution in [-0.4, -0.2) is 29.3 Å². The lowest BCUT2D eigenvalue weighted by Gasteiger charge is -2.29. The highest BCUT2D eigenvalue weighted by atomic mass is 35.5. The first-order valence-electron chi connectivity index (χ1n) is 7.72. The van der Waals surface area contributed by atoms with Gasteiger partial charge >= 0.3 is 0 Å². The van der Waals surface area contributed by atoms with Crippen molar-refractivity contribution in [3.63, 3.8) is 0 Å².